The zero-order valence-corrected chi connectivity index (χ0v) is 23.0. The Balaban J connectivity index is 0.00000544. The lowest BCUT2D eigenvalue weighted by atomic mass is 10.1. The first-order valence-corrected chi connectivity index (χ1v) is 10.8. The molecule has 0 aliphatic carbocycles. The number of halogens is 1. The molecule has 1 aromatic heterocycles. The highest BCUT2D eigenvalue weighted by Gasteiger charge is 2.17. The number of hydrogen-bond acceptors (Lipinski definition) is 5. The van der Waals surface area contributed by atoms with Crippen molar-refractivity contribution in [2.24, 2.45) is 12.0 Å². The summed E-state index contributed by atoms with van der Waals surface area (Å²) in [5, 5.41) is 13.8. The van der Waals surface area contributed by atoms with Crippen LogP contribution in [-0.2, 0) is 18.2 Å². The van der Waals surface area contributed by atoms with Crippen LogP contribution in [0.15, 0.2) is 41.7 Å². The molecule has 0 spiro atoms. The fourth-order valence-electron chi connectivity index (χ4n) is 3.13. The van der Waals surface area contributed by atoms with Gasteiger partial charge in [0.25, 0.3) is 0 Å². The van der Waals surface area contributed by atoms with E-state index < -0.39 is 11.7 Å². The van der Waals surface area contributed by atoms with Gasteiger partial charge < -0.3 is 20.3 Å². The second kappa shape index (κ2) is 13.4. The summed E-state index contributed by atoms with van der Waals surface area (Å²) in [6.45, 7) is 6.96. The zero-order valence-electron chi connectivity index (χ0n) is 20.7. The average molecular weight is 572 g/mol. The van der Waals surface area contributed by atoms with E-state index in [1.54, 1.807) is 7.05 Å². The minimum Gasteiger partial charge on any atom is -0.444 e. The summed E-state index contributed by atoms with van der Waals surface area (Å²) in [5.41, 5.74) is 2.50. The SMILES string of the molecule is CN=C(NCCc1ccc(NC(=O)OC(C)(C)C)cc1)NCC(c1cnn(C)c1)N(C)C.I. The summed E-state index contributed by atoms with van der Waals surface area (Å²) in [6, 6.07) is 7.93. The van der Waals surface area contributed by atoms with Gasteiger partial charge >= 0.3 is 6.09 Å². The number of aromatic nitrogens is 2. The number of amides is 1. The number of benzene rings is 1. The van der Waals surface area contributed by atoms with Crippen molar-refractivity contribution < 1.29 is 9.53 Å². The zero-order chi connectivity index (χ0) is 23.7. The first-order valence-electron chi connectivity index (χ1n) is 10.8. The molecule has 1 atom stereocenters. The van der Waals surface area contributed by atoms with Crippen LogP contribution in [0, 0.1) is 0 Å². The number of likely N-dealkylation sites (N-methyl/N-ethyl adjacent to an activating group) is 1. The third-order valence-corrected chi connectivity index (χ3v) is 4.72. The third kappa shape index (κ3) is 10.4. The van der Waals surface area contributed by atoms with Gasteiger partial charge in [-0.2, -0.15) is 5.10 Å². The summed E-state index contributed by atoms with van der Waals surface area (Å²) in [7, 11) is 7.79. The van der Waals surface area contributed by atoms with Crippen molar-refractivity contribution in [2.75, 3.05) is 39.5 Å². The van der Waals surface area contributed by atoms with E-state index in [9.17, 15) is 4.79 Å². The topological polar surface area (TPSA) is 95.8 Å². The van der Waals surface area contributed by atoms with Gasteiger partial charge in [0.2, 0.25) is 0 Å². The van der Waals surface area contributed by atoms with Crippen LogP contribution >= 0.6 is 24.0 Å². The number of ether oxygens (including phenoxy) is 1. The van der Waals surface area contributed by atoms with Crippen molar-refractivity contribution >= 4 is 41.7 Å². The number of nitrogens with zero attached hydrogens (tertiary/aromatic N) is 4. The Morgan fingerprint density at radius 3 is 2.39 bits per heavy atom. The summed E-state index contributed by atoms with van der Waals surface area (Å²) in [5.74, 6) is 0.754. The molecule has 0 aliphatic heterocycles. The van der Waals surface area contributed by atoms with E-state index in [4.69, 9.17) is 4.74 Å². The molecule has 2 aromatic rings. The predicted octanol–water partition coefficient (Wildman–Crippen LogP) is 3.40. The van der Waals surface area contributed by atoms with Gasteiger partial charge in [0.15, 0.2) is 5.96 Å². The first kappa shape index (κ1) is 28.7. The molecule has 9 nitrogen and oxygen atoms in total. The molecule has 0 saturated heterocycles. The second-order valence-electron chi connectivity index (χ2n) is 8.88. The molecule has 2 rings (SSSR count). The van der Waals surface area contributed by atoms with E-state index in [2.05, 4.69) is 45.0 Å². The Bertz CT molecular complexity index is 889. The van der Waals surface area contributed by atoms with Crippen LogP contribution in [0.2, 0.25) is 0 Å². The lowest BCUT2D eigenvalue weighted by Gasteiger charge is -2.24. The normalized spacial score (nSPS) is 12.7. The monoisotopic (exact) mass is 571 g/mol. The molecular weight excluding hydrogens is 533 g/mol. The summed E-state index contributed by atoms with van der Waals surface area (Å²) in [4.78, 5) is 18.3. The van der Waals surface area contributed by atoms with Gasteiger partial charge in [0.1, 0.15) is 5.60 Å². The number of hydrogen-bond donors (Lipinski definition) is 3. The number of anilines is 1. The largest absolute Gasteiger partial charge is 0.444 e. The minimum absolute atomic E-state index is 0. The lowest BCUT2D eigenvalue weighted by Crippen LogP contribution is -2.42. The molecule has 1 unspecified atom stereocenters. The summed E-state index contributed by atoms with van der Waals surface area (Å²) < 4.78 is 7.08. The van der Waals surface area contributed by atoms with Crippen LogP contribution in [0.25, 0.3) is 0 Å². The van der Waals surface area contributed by atoms with E-state index in [0.717, 1.165) is 30.1 Å². The molecular formula is C23H38IN7O2. The van der Waals surface area contributed by atoms with Crippen LogP contribution in [0.5, 0.6) is 0 Å². The van der Waals surface area contributed by atoms with Crippen molar-refractivity contribution in [3.05, 3.63) is 47.8 Å². The van der Waals surface area contributed by atoms with Crippen LogP contribution in [0.1, 0.15) is 37.9 Å². The minimum atomic E-state index is -0.521. The average Bonchev–Trinajstić information content (AvgIpc) is 3.12. The Hall–Kier alpha value is -2.34. The molecule has 33 heavy (non-hydrogen) atoms. The highest BCUT2D eigenvalue weighted by atomic mass is 127. The van der Waals surface area contributed by atoms with Crippen molar-refractivity contribution in [1.29, 1.82) is 0 Å². The summed E-state index contributed by atoms with van der Waals surface area (Å²) in [6.07, 6.45) is 4.30. The number of aryl methyl sites for hydroxylation is 1. The van der Waals surface area contributed by atoms with E-state index in [-0.39, 0.29) is 30.0 Å². The third-order valence-electron chi connectivity index (χ3n) is 4.72. The molecule has 1 heterocycles. The predicted molar refractivity (Wildman–Crippen MR) is 144 cm³/mol. The van der Waals surface area contributed by atoms with Gasteiger partial charge in [-0.05, 0) is 59.0 Å². The Morgan fingerprint density at radius 2 is 1.88 bits per heavy atom. The Kier molecular flexibility index (Phi) is 11.6. The quantitative estimate of drug-likeness (QED) is 0.256. The maximum Gasteiger partial charge on any atom is 0.412 e. The Morgan fingerprint density at radius 1 is 1.21 bits per heavy atom. The Labute approximate surface area is 214 Å². The highest BCUT2D eigenvalue weighted by Crippen LogP contribution is 2.16. The maximum atomic E-state index is 11.9. The molecule has 10 heteroatoms. The van der Waals surface area contributed by atoms with Crippen molar-refractivity contribution in [1.82, 2.24) is 25.3 Å². The van der Waals surface area contributed by atoms with Crippen molar-refractivity contribution in [3.8, 4) is 0 Å². The number of guanidine groups is 1. The molecule has 0 fully saturated rings. The number of carbonyl (C=O) groups is 1. The van der Waals surface area contributed by atoms with Crippen LogP contribution in [0.4, 0.5) is 10.5 Å². The number of aliphatic imine (C=N–C) groups is 1. The molecule has 0 saturated carbocycles. The molecule has 0 bridgehead atoms. The second-order valence-corrected chi connectivity index (χ2v) is 8.88. The van der Waals surface area contributed by atoms with Gasteiger partial charge in [-0.25, -0.2) is 4.79 Å². The number of nitrogens with one attached hydrogen (secondary N) is 3. The standard InChI is InChI=1S/C23H37N7O2.HI/c1-23(2,3)32-22(31)28-19-10-8-17(9-11-19)12-13-25-21(24-4)26-15-20(29(5)6)18-14-27-30(7)16-18;/h8-11,14,16,20H,12-13,15H2,1-7H3,(H,28,31)(H2,24,25,26);1H. The van der Waals surface area contributed by atoms with Gasteiger partial charge in [-0.15, -0.1) is 24.0 Å². The number of rotatable bonds is 8. The smallest absolute Gasteiger partial charge is 0.412 e. The lowest BCUT2D eigenvalue weighted by molar-refractivity contribution is 0.0636. The van der Waals surface area contributed by atoms with E-state index in [1.807, 2.05) is 69.2 Å². The van der Waals surface area contributed by atoms with Crippen molar-refractivity contribution in [2.45, 2.75) is 38.8 Å². The summed E-state index contributed by atoms with van der Waals surface area (Å²) >= 11 is 0. The molecule has 184 valence electrons. The van der Waals surface area contributed by atoms with Crippen LogP contribution in [-0.4, -0.2) is 66.6 Å². The van der Waals surface area contributed by atoms with Gasteiger partial charge in [0.05, 0.1) is 12.2 Å². The van der Waals surface area contributed by atoms with Crippen molar-refractivity contribution in [3.63, 3.8) is 0 Å². The van der Waals surface area contributed by atoms with Gasteiger partial charge in [-0.1, -0.05) is 12.1 Å². The number of carbonyl (C=O) groups excluding carboxylic acids is 1. The maximum absolute atomic E-state index is 11.9. The van der Waals surface area contributed by atoms with Gasteiger partial charge in [0, 0.05) is 44.6 Å². The molecule has 1 aromatic carbocycles. The van der Waals surface area contributed by atoms with Crippen LogP contribution < -0.4 is 16.0 Å². The van der Waals surface area contributed by atoms with E-state index >= 15 is 0 Å². The van der Waals surface area contributed by atoms with E-state index in [0.29, 0.717) is 12.2 Å². The molecule has 1 amide bonds. The molecule has 0 aliphatic rings. The highest BCUT2D eigenvalue weighted by molar-refractivity contribution is 14.0. The first-order chi connectivity index (χ1) is 15.1. The fourth-order valence-corrected chi connectivity index (χ4v) is 3.13. The van der Waals surface area contributed by atoms with E-state index in [1.165, 1.54) is 0 Å². The molecule has 0 radical (unpaired) electrons. The molecule has 3 N–H and O–H groups in total. The fraction of sp³-hybridized carbons (Fsp3) is 0.522. The van der Waals surface area contributed by atoms with Crippen LogP contribution in [0.3, 0.4) is 0 Å². The van der Waals surface area contributed by atoms with Gasteiger partial charge in [-0.3, -0.25) is 15.0 Å².